The molecule has 1 aromatic carbocycles. The molecule has 0 radical (unpaired) electrons. The smallest absolute Gasteiger partial charge is 0.140 e. The highest BCUT2D eigenvalue weighted by Gasteiger charge is 2.08. The number of pyridine rings is 1. The van der Waals surface area contributed by atoms with Crippen molar-refractivity contribution in [3.63, 3.8) is 0 Å². The van der Waals surface area contributed by atoms with Crippen LogP contribution in [0.4, 0.5) is 5.82 Å². The van der Waals surface area contributed by atoms with Crippen LogP contribution in [0, 0.1) is 0 Å². The van der Waals surface area contributed by atoms with E-state index >= 15 is 0 Å². The molecule has 2 rings (SSSR count). The van der Waals surface area contributed by atoms with Gasteiger partial charge in [-0.15, -0.1) is 0 Å². The number of anilines is 1. The van der Waals surface area contributed by atoms with E-state index in [-0.39, 0.29) is 6.61 Å². The molecule has 0 saturated heterocycles. The van der Waals surface area contributed by atoms with Gasteiger partial charge in [0.1, 0.15) is 23.2 Å². The van der Waals surface area contributed by atoms with Crippen molar-refractivity contribution in [1.29, 1.82) is 0 Å². The normalized spacial score (nSPS) is 10.3. The van der Waals surface area contributed by atoms with Crippen LogP contribution in [0.25, 0.3) is 0 Å². The molecule has 0 saturated carbocycles. The zero-order chi connectivity index (χ0) is 13.8. The lowest BCUT2D eigenvalue weighted by atomic mass is 10.3. The SMILES string of the molecule is CNc1ccc(Cl)c(COc2cccc(Cl)c2Cl)n1. The average molecular weight is 318 g/mol. The molecule has 0 amide bonds. The minimum absolute atomic E-state index is 0.217. The highest BCUT2D eigenvalue weighted by atomic mass is 35.5. The van der Waals surface area contributed by atoms with Crippen LogP contribution in [0.15, 0.2) is 30.3 Å². The molecule has 6 heteroatoms. The summed E-state index contributed by atoms with van der Waals surface area (Å²) in [5.74, 6) is 1.22. The maximum atomic E-state index is 6.06. The number of hydrogen-bond donors (Lipinski definition) is 1. The van der Waals surface area contributed by atoms with Crippen molar-refractivity contribution in [1.82, 2.24) is 4.98 Å². The quantitative estimate of drug-likeness (QED) is 0.890. The molecule has 1 heterocycles. The predicted molar refractivity (Wildman–Crippen MR) is 79.6 cm³/mol. The highest BCUT2D eigenvalue weighted by molar-refractivity contribution is 6.42. The largest absolute Gasteiger partial charge is 0.486 e. The van der Waals surface area contributed by atoms with E-state index in [1.54, 1.807) is 37.4 Å². The van der Waals surface area contributed by atoms with Crippen LogP contribution in [0.5, 0.6) is 5.75 Å². The van der Waals surface area contributed by atoms with Gasteiger partial charge >= 0.3 is 0 Å². The Hall–Kier alpha value is -1.16. The first-order valence-electron chi connectivity index (χ1n) is 5.52. The minimum atomic E-state index is 0.217. The van der Waals surface area contributed by atoms with Crippen molar-refractivity contribution in [2.24, 2.45) is 0 Å². The molecule has 0 aliphatic rings. The Kier molecular flexibility index (Phi) is 4.75. The average Bonchev–Trinajstić information content (AvgIpc) is 2.42. The number of nitrogens with zero attached hydrogens (tertiary/aromatic N) is 1. The van der Waals surface area contributed by atoms with Gasteiger partial charge in [-0.05, 0) is 24.3 Å². The second kappa shape index (κ2) is 6.33. The van der Waals surface area contributed by atoms with Gasteiger partial charge in [0, 0.05) is 7.05 Å². The van der Waals surface area contributed by atoms with Crippen molar-refractivity contribution < 1.29 is 4.74 Å². The second-order valence-electron chi connectivity index (χ2n) is 3.72. The summed E-state index contributed by atoms with van der Waals surface area (Å²) in [4.78, 5) is 4.31. The summed E-state index contributed by atoms with van der Waals surface area (Å²) in [5, 5.41) is 4.31. The third kappa shape index (κ3) is 3.44. The van der Waals surface area contributed by atoms with Crippen molar-refractivity contribution in [3.8, 4) is 5.75 Å². The molecule has 0 fully saturated rings. The standard InChI is InChI=1S/C13H11Cl3N2O/c1-17-12-6-5-8(14)10(18-12)7-19-11-4-2-3-9(15)13(11)16/h2-6H,7H2,1H3,(H,17,18). The molecule has 0 spiro atoms. The van der Waals surface area contributed by atoms with Crippen molar-refractivity contribution in [3.05, 3.63) is 51.1 Å². The van der Waals surface area contributed by atoms with Gasteiger partial charge in [0.25, 0.3) is 0 Å². The predicted octanol–water partition coefficient (Wildman–Crippen LogP) is 4.66. The van der Waals surface area contributed by atoms with Crippen LogP contribution in [0.3, 0.4) is 0 Å². The van der Waals surface area contributed by atoms with E-state index in [1.807, 2.05) is 0 Å². The van der Waals surface area contributed by atoms with Gasteiger partial charge in [0.2, 0.25) is 0 Å². The van der Waals surface area contributed by atoms with Gasteiger partial charge < -0.3 is 10.1 Å². The summed E-state index contributed by atoms with van der Waals surface area (Å²) in [5.41, 5.74) is 0.629. The molecule has 2 aromatic rings. The molecule has 0 bridgehead atoms. The van der Waals surface area contributed by atoms with E-state index in [2.05, 4.69) is 10.3 Å². The van der Waals surface area contributed by atoms with Crippen LogP contribution in [0.2, 0.25) is 15.1 Å². The lowest BCUT2D eigenvalue weighted by molar-refractivity contribution is 0.302. The maximum absolute atomic E-state index is 6.06. The van der Waals surface area contributed by atoms with E-state index in [4.69, 9.17) is 39.5 Å². The van der Waals surface area contributed by atoms with Gasteiger partial charge in [-0.2, -0.15) is 0 Å². The van der Waals surface area contributed by atoms with E-state index in [1.165, 1.54) is 0 Å². The Bertz CT molecular complexity index is 590. The van der Waals surface area contributed by atoms with E-state index < -0.39 is 0 Å². The van der Waals surface area contributed by atoms with Crippen LogP contribution in [-0.4, -0.2) is 12.0 Å². The number of halogens is 3. The fourth-order valence-corrected chi connectivity index (χ4v) is 1.97. The summed E-state index contributed by atoms with van der Waals surface area (Å²) < 4.78 is 5.59. The molecule has 0 aliphatic heterocycles. The molecule has 0 atom stereocenters. The van der Waals surface area contributed by atoms with Gasteiger partial charge in [0.05, 0.1) is 15.7 Å². The van der Waals surface area contributed by atoms with Gasteiger partial charge in [-0.25, -0.2) is 4.98 Å². The second-order valence-corrected chi connectivity index (χ2v) is 4.91. The summed E-state index contributed by atoms with van der Waals surface area (Å²) in [6.45, 7) is 0.217. The molecular formula is C13H11Cl3N2O. The van der Waals surface area contributed by atoms with Gasteiger partial charge in [0.15, 0.2) is 0 Å². The van der Waals surface area contributed by atoms with Gasteiger partial charge in [-0.1, -0.05) is 40.9 Å². The number of nitrogens with one attached hydrogen (secondary N) is 1. The Morgan fingerprint density at radius 1 is 1.11 bits per heavy atom. The zero-order valence-corrected chi connectivity index (χ0v) is 12.4. The molecule has 19 heavy (non-hydrogen) atoms. The summed E-state index contributed by atoms with van der Waals surface area (Å²) in [7, 11) is 1.79. The van der Waals surface area contributed by atoms with E-state index in [0.29, 0.717) is 26.5 Å². The lowest BCUT2D eigenvalue weighted by Crippen LogP contribution is -2.02. The molecule has 0 aliphatic carbocycles. The Morgan fingerprint density at radius 3 is 2.63 bits per heavy atom. The Labute approximate surface area is 126 Å². The summed E-state index contributed by atoms with van der Waals surface area (Å²) in [6, 6.07) is 8.76. The highest BCUT2D eigenvalue weighted by Crippen LogP contribution is 2.32. The first kappa shape index (κ1) is 14.3. The fourth-order valence-electron chi connectivity index (χ4n) is 1.47. The number of benzene rings is 1. The first-order chi connectivity index (χ1) is 9.11. The topological polar surface area (TPSA) is 34.1 Å². The molecule has 0 unspecified atom stereocenters. The third-order valence-electron chi connectivity index (χ3n) is 2.46. The number of ether oxygens (including phenoxy) is 1. The van der Waals surface area contributed by atoms with Crippen molar-refractivity contribution in [2.75, 3.05) is 12.4 Å². The van der Waals surface area contributed by atoms with Crippen LogP contribution < -0.4 is 10.1 Å². The van der Waals surface area contributed by atoms with Crippen LogP contribution >= 0.6 is 34.8 Å². The Morgan fingerprint density at radius 2 is 1.89 bits per heavy atom. The molecular weight excluding hydrogens is 307 g/mol. The molecule has 3 nitrogen and oxygen atoms in total. The number of aromatic nitrogens is 1. The Balaban J connectivity index is 2.16. The molecule has 1 aromatic heterocycles. The maximum Gasteiger partial charge on any atom is 0.140 e. The zero-order valence-electron chi connectivity index (χ0n) is 10.1. The minimum Gasteiger partial charge on any atom is -0.486 e. The monoisotopic (exact) mass is 316 g/mol. The molecule has 100 valence electrons. The van der Waals surface area contributed by atoms with Gasteiger partial charge in [-0.3, -0.25) is 0 Å². The van der Waals surface area contributed by atoms with Crippen molar-refractivity contribution >= 4 is 40.6 Å². The molecule has 1 N–H and O–H groups in total. The van der Waals surface area contributed by atoms with E-state index in [9.17, 15) is 0 Å². The lowest BCUT2D eigenvalue weighted by Gasteiger charge is -2.10. The van der Waals surface area contributed by atoms with Crippen molar-refractivity contribution in [2.45, 2.75) is 6.61 Å². The first-order valence-corrected chi connectivity index (χ1v) is 6.65. The number of rotatable bonds is 4. The summed E-state index contributed by atoms with van der Waals surface area (Å²) in [6.07, 6.45) is 0. The fraction of sp³-hybridized carbons (Fsp3) is 0.154. The number of hydrogen-bond acceptors (Lipinski definition) is 3. The summed E-state index contributed by atoms with van der Waals surface area (Å²) >= 11 is 18.0. The van der Waals surface area contributed by atoms with Crippen LogP contribution in [-0.2, 0) is 6.61 Å². The van der Waals surface area contributed by atoms with E-state index in [0.717, 1.165) is 5.82 Å². The van der Waals surface area contributed by atoms with Crippen LogP contribution in [0.1, 0.15) is 5.69 Å². The third-order valence-corrected chi connectivity index (χ3v) is 3.60.